The van der Waals surface area contributed by atoms with Gasteiger partial charge in [-0.05, 0) is 32.7 Å². The van der Waals surface area contributed by atoms with E-state index in [-0.39, 0.29) is 35.3 Å². The van der Waals surface area contributed by atoms with Crippen molar-refractivity contribution >= 4 is 57.8 Å². The fourth-order valence-electron chi connectivity index (χ4n) is 3.71. The van der Waals surface area contributed by atoms with E-state index in [1.165, 1.54) is 24.6 Å². The van der Waals surface area contributed by atoms with Crippen molar-refractivity contribution in [1.29, 1.82) is 0 Å². The number of aromatic nitrogens is 6. The number of H-pyrrole nitrogens is 2. The number of nitrogens with one attached hydrogen (secondary N) is 2. The second-order valence-electron chi connectivity index (χ2n) is 7.95. The van der Waals surface area contributed by atoms with Crippen molar-refractivity contribution in [3.8, 4) is 11.5 Å². The van der Waals surface area contributed by atoms with Crippen LogP contribution in [0.2, 0.25) is 0 Å². The molecule has 0 aliphatic carbocycles. The first-order valence-electron chi connectivity index (χ1n) is 11.5. The van der Waals surface area contributed by atoms with Crippen molar-refractivity contribution in [2.45, 2.75) is 0 Å². The molecule has 0 fully saturated rings. The molecule has 13 nitrogen and oxygen atoms in total. The Kier molecular flexibility index (Phi) is 8.92. The van der Waals surface area contributed by atoms with Crippen LogP contribution in [-0.4, -0.2) is 42.8 Å². The van der Waals surface area contributed by atoms with E-state index in [1.54, 1.807) is 12.1 Å². The first kappa shape index (κ1) is 27.6. The Morgan fingerprint density at radius 2 is 1.05 bits per heavy atom. The summed E-state index contributed by atoms with van der Waals surface area (Å²) < 4.78 is 8.19. The summed E-state index contributed by atoms with van der Waals surface area (Å²) in [4.78, 5) is 15.8. The van der Waals surface area contributed by atoms with Crippen LogP contribution in [0.5, 0.6) is 11.5 Å². The zero-order valence-corrected chi connectivity index (χ0v) is 22.0. The van der Waals surface area contributed by atoms with E-state index in [0.29, 0.717) is 11.1 Å². The number of nitrogen functional groups attached to an aromatic ring is 2. The Balaban J connectivity index is 0.000000174. The molecule has 0 atom stereocenters. The minimum absolute atomic E-state index is 0.0917. The standard InChI is InChI=1S/2C13H11N5O.O.V/c2*14-12-16-13(18-17-12)15-7-10-9-4-2-1-3-8(9)5-6-11(10)19;;/h2*1-7,19H,(H3,14,16,17,18);;/q;;;+2/p-2/b2*15-7+;;. The third-order valence-electron chi connectivity index (χ3n) is 5.46. The van der Waals surface area contributed by atoms with E-state index in [9.17, 15) is 10.2 Å². The molecule has 4 aromatic carbocycles. The molecule has 0 aliphatic rings. The third kappa shape index (κ3) is 6.53. The summed E-state index contributed by atoms with van der Waals surface area (Å²) in [7, 11) is 0. The molecule has 197 valence electrons. The molecule has 6 rings (SSSR count). The van der Waals surface area contributed by atoms with Gasteiger partial charge < -0.3 is 21.7 Å². The molecule has 6 N–H and O–H groups in total. The molecule has 0 saturated heterocycles. The van der Waals surface area contributed by atoms with Gasteiger partial charge in [-0.2, -0.15) is 9.97 Å². The molecule has 0 bridgehead atoms. The van der Waals surface area contributed by atoms with Crippen molar-refractivity contribution in [2.24, 2.45) is 9.98 Å². The second kappa shape index (κ2) is 12.9. The van der Waals surface area contributed by atoms with Crippen molar-refractivity contribution in [3.63, 3.8) is 0 Å². The van der Waals surface area contributed by atoms with E-state index in [4.69, 9.17) is 15.1 Å². The summed E-state index contributed by atoms with van der Waals surface area (Å²) in [5, 5.41) is 40.0. The van der Waals surface area contributed by atoms with Crippen molar-refractivity contribution in [2.75, 3.05) is 11.5 Å². The molecule has 14 heteroatoms. The predicted octanol–water partition coefficient (Wildman–Crippen LogP) is 2.61. The molecule has 0 radical (unpaired) electrons. The number of hydrogen-bond acceptors (Lipinski definition) is 11. The molecule has 0 spiro atoms. The van der Waals surface area contributed by atoms with Crippen LogP contribution in [0.15, 0.2) is 82.8 Å². The van der Waals surface area contributed by atoms with Crippen LogP contribution in [-0.2, 0) is 21.0 Å². The molecule has 6 aromatic rings. The van der Waals surface area contributed by atoms with Crippen LogP contribution >= 0.6 is 0 Å². The first-order chi connectivity index (χ1) is 19.5. The number of aromatic amines is 2. The van der Waals surface area contributed by atoms with Gasteiger partial charge in [-0.25, -0.2) is 20.2 Å². The number of nitrogens with zero attached hydrogens (tertiary/aromatic N) is 6. The molecule has 0 aliphatic heterocycles. The van der Waals surface area contributed by atoms with Gasteiger partial charge in [-0.3, -0.25) is 0 Å². The van der Waals surface area contributed by atoms with Crippen molar-refractivity contribution in [1.82, 2.24) is 30.4 Å². The summed E-state index contributed by atoms with van der Waals surface area (Å²) in [5.41, 5.74) is 11.8. The van der Waals surface area contributed by atoms with E-state index in [1.807, 2.05) is 48.5 Å². The Bertz CT molecular complexity index is 1680. The summed E-state index contributed by atoms with van der Waals surface area (Å²) in [6.07, 6.45) is 2.93. The SMILES string of the molecule is Nc1nc(/N=C/c2c([O-])ccc3ccccc23)n[nH]1.Nc1nc(/N=C/c2c([O-])ccc3ccccc23)n[nH]1.[O]=[V+2]. The molecule has 0 amide bonds. The Morgan fingerprint density at radius 3 is 1.43 bits per heavy atom. The Labute approximate surface area is 235 Å². The molecule has 0 saturated carbocycles. The van der Waals surface area contributed by atoms with E-state index < -0.39 is 0 Å². The number of aliphatic imine (C=N–C) groups is 2. The third-order valence-corrected chi connectivity index (χ3v) is 5.46. The monoisotopic (exact) mass is 571 g/mol. The maximum atomic E-state index is 11.9. The van der Waals surface area contributed by atoms with Gasteiger partial charge in [-0.15, -0.1) is 10.2 Å². The van der Waals surface area contributed by atoms with Crippen molar-refractivity contribution < 1.29 is 31.3 Å². The number of anilines is 2. The summed E-state index contributed by atoms with van der Waals surface area (Å²) in [6, 6.07) is 21.9. The molecule has 2 aromatic heterocycles. The van der Waals surface area contributed by atoms with E-state index in [2.05, 4.69) is 40.3 Å². The zero-order valence-electron chi connectivity index (χ0n) is 20.6. The van der Waals surface area contributed by atoms with Crippen LogP contribution < -0.4 is 21.7 Å². The van der Waals surface area contributed by atoms with Gasteiger partial charge in [0.15, 0.2) is 0 Å². The average molecular weight is 571 g/mol. The number of hydrogen-bond donors (Lipinski definition) is 4. The molecular formula is C26H20N10O3V. The summed E-state index contributed by atoms with van der Waals surface area (Å²) in [5.74, 6) is 0.589. The number of rotatable bonds is 4. The summed E-state index contributed by atoms with van der Waals surface area (Å²) >= 11 is 1.06. The minimum atomic E-state index is -0.0917. The number of benzene rings is 4. The van der Waals surface area contributed by atoms with Gasteiger partial charge in [-0.1, -0.05) is 84.3 Å². The first-order valence-corrected chi connectivity index (χ1v) is 12.0. The van der Waals surface area contributed by atoms with E-state index in [0.717, 1.165) is 38.9 Å². The number of nitrogens with two attached hydrogens (primary N) is 2. The maximum absolute atomic E-state index is 11.9. The molecular weight excluding hydrogens is 551 g/mol. The van der Waals surface area contributed by atoms with Gasteiger partial charge in [0, 0.05) is 12.4 Å². The van der Waals surface area contributed by atoms with Gasteiger partial charge in [0.05, 0.1) is 0 Å². The van der Waals surface area contributed by atoms with Crippen LogP contribution in [0.4, 0.5) is 23.8 Å². The molecule has 2 heterocycles. The fraction of sp³-hybridized carbons (Fsp3) is 0. The van der Waals surface area contributed by atoms with Crippen LogP contribution in [0, 0.1) is 0 Å². The normalized spacial score (nSPS) is 10.9. The molecule has 40 heavy (non-hydrogen) atoms. The van der Waals surface area contributed by atoms with Crippen LogP contribution in [0.3, 0.4) is 0 Å². The average Bonchev–Trinajstić information content (AvgIpc) is 3.60. The number of fused-ring (bicyclic) bond motifs is 2. The topological polar surface area (TPSA) is 223 Å². The second-order valence-corrected chi connectivity index (χ2v) is 7.95. The molecule has 0 unspecified atom stereocenters. The van der Waals surface area contributed by atoms with Crippen LogP contribution in [0.25, 0.3) is 21.5 Å². The van der Waals surface area contributed by atoms with Crippen molar-refractivity contribution in [3.05, 3.63) is 83.9 Å². The Hall–Kier alpha value is -5.40. The summed E-state index contributed by atoms with van der Waals surface area (Å²) in [6.45, 7) is 0. The van der Waals surface area contributed by atoms with Gasteiger partial charge >= 0.3 is 21.0 Å². The quantitative estimate of drug-likeness (QED) is 0.228. The van der Waals surface area contributed by atoms with Gasteiger partial charge in [0.25, 0.3) is 11.9 Å². The fourth-order valence-corrected chi connectivity index (χ4v) is 3.71. The van der Waals surface area contributed by atoms with E-state index >= 15 is 0 Å². The zero-order chi connectivity index (χ0) is 28.5. The van der Waals surface area contributed by atoms with Gasteiger partial charge in [0.2, 0.25) is 11.9 Å². The van der Waals surface area contributed by atoms with Crippen LogP contribution in [0.1, 0.15) is 11.1 Å². The predicted molar refractivity (Wildman–Crippen MR) is 144 cm³/mol. The van der Waals surface area contributed by atoms with Gasteiger partial charge in [0.1, 0.15) is 0 Å². The Morgan fingerprint density at radius 1 is 0.650 bits per heavy atom.